The predicted octanol–water partition coefficient (Wildman–Crippen LogP) is 7.72. The average Bonchev–Trinajstić information content (AvgIpc) is 3.12. The molecule has 0 aromatic heterocycles. The number of rotatable bonds is 9. The van der Waals surface area contributed by atoms with E-state index in [-0.39, 0.29) is 29.3 Å². The van der Waals surface area contributed by atoms with Crippen LogP contribution in [0.4, 0.5) is 10.5 Å². The fourth-order valence-electron chi connectivity index (χ4n) is 3.64. The molecular formula is C26H19Cl2IN2O6S. The van der Waals surface area contributed by atoms with E-state index in [0.29, 0.717) is 33.7 Å². The van der Waals surface area contributed by atoms with Crippen molar-refractivity contribution in [3.8, 4) is 11.5 Å². The fourth-order valence-corrected chi connectivity index (χ4v) is 5.73. The lowest BCUT2D eigenvalue weighted by Gasteiger charge is -2.15. The van der Waals surface area contributed by atoms with Gasteiger partial charge in [-0.25, -0.2) is 0 Å². The summed E-state index contributed by atoms with van der Waals surface area (Å²) in [5.74, 6) is 0.457. The van der Waals surface area contributed by atoms with Crippen LogP contribution in [-0.4, -0.2) is 27.6 Å². The molecule has 0 atom stereocenters. The van der Waals surface area contributed by atoms with E-state index in [9.17, 15) is 19.7 Å². The Labute approximate surface area is 246 Å². The van der Waals surface area contributed by atoms with Gasteiger partial charge in [-0.05, 0) is 77.2 Å². The Kier molecular flexibility index (Phi) is 9.19. The molecule has 12 heteroatoms. The summed E-state index contributed by atoms with van der Waals surface area (Å²) < 4.78 is 12.6. The normalized spacial score (nSPS) is 14.3. The molecule has 0 bridgehead atoms. The molecule has 3 aromatic carbocycles. The topological polar surface area (TPSA) is 99.0 Å². The maximum Gasteiger partial charge on any atom is 0.293 e. The van der Waals surface area contributed by atoms with E-state index in [2.05, 4.69) is 22.6 Å². The van der Waals surface area contributed by atoms with Crippen LogP contribution >= 0.6 is 57.6 Å². The number of nitrogens with zero attached hydrogens (tertiary/aromatic N) is 2. The van der Waals surface area contributed by atoms with E-state index >= 15 is 0 Å². The highest BCUT2D eigenvalue weighted by atomic mass is 127. The van der Waals surface area contributed by atoms with Crippen molar-refractivity contribution in [1.29, 1.82) is 0 Å². The Bertz CT molecular complexity index is 1470. The number of imide groups is 1. The van der Waals surface area contributed by atoms with Crippen molar-refractivity contribution in [2.45, 2.75) is 20.1 Å². The molecule has 0 spiro atoms. The van der Waals surface area contributed by atoms with E-state index in [0.717, 1.165) is 25.8 Å². The summed E-state index contributed by atoms with van der Waals surface area (Å²) in [6.45, 7) is 2.22. The number of hydrogen-bond acceptors (Lipinski definition) is 7. The second-order valence-electron chi connectivity index (χ2n) is 7.94. The van der Waals surface area contributed by atoms with Crippen molar-refractivity contribution in [2.24, 2.45) is 0 Å². The molecule has 4 rings (SSSR count). The zero-order valence-corrected chi connectivity index (χ0v) is 24.3. The van der Waals surface area contributed by atoms with Gasteiger partial charge in [0.1, 0.15) is 6.61 Å². The number of amides is 2. The molecule has 1 fully saturated rings. The standard InChI is InChI=1S/C26H19Cl2IN2O6S/c1-2-36-22-10-15(9-20(29)24(22)37-14-17-7-8-18(27)12-19(17)28)11-23-25(32)30(26(33)38-23)13-16-5-3-4-6-21(16)31(34)35/h3-12H,2,13-14H2,1H3/b23-11-. The summed E-state index contributed by atoms with van der Waals surface area (Å²) in [4.78, 5) is 37.7. The summed E-state index contributed by atoms with van der Waals surface area (Å²) in [5.41, 5.74) is 1.51. The van der Waals surface area contributed by atoms with Crippen LogP contribution in [0.1, 0.15) is 23.6 Å². The van der Waals surface area contributed by atoms with Crippen LogP contribution in [0.5, 0.6) is 11.5 Å². The number of carbonyl (C=O) groups is 2. The minimum absolute atomic E-state index is 0.151. The van der Waals surface area contributed by atoms with Crippen molar-refractivity contribution >= 4 is 80.5 Å². The highest BCUT2D eigenvalue weighted by Crippen LogP contribution is 2.39. The monoisotopic (exact) mass is 684 g/mol. The third-order valence-corrected chi connectivity index (χ3v) is 7.70. The molecule has 0 saturated carbocycles. The minimum atomic E-state index is -0.536. The van der Waals surface area contributed by atoms with Gasteiger partial charge in [0.05, 0.1) is 26.6 Å². The average molecular weight is 685 g/mol. The van der Waals surface area contributed by atoms with Crippen molar-refractivity contribution in [1.82, 2.24) is 4.90 Å². The number of nitro benzene ring substituents is 1. The van der Waals surface area contributed by atoms with E-state index in [4.69, 9.17) is 32.7 Å². The Balaban J connectivity index is 1.57. The lowest BCUT2D eigenvalue weighted by Crippen LogP contribution is -2.27. The summed E-state index contributed by atoms with van der Waals surface area (Å²) in [7, 11) is 0. The zero-order valence-electron chi connectivity index (χ0n) is 19.8. The van der Waals surface area contributed by atoms with Crippen LogP contribution in [0.2, 0.25) is 10.0 Å². The molecule has 1 aliphatic heterocycles. The highest BCUT2D eigenvalue weighted by Gasteiger charge is 2.36. The Morgan fingerprint density at radius 3 is 2.55 bits per heavy atom. The molecule has 0 radical (unpaired) electrons. The van der Waals surface area contributed by atoms with Crippen molar-refractivity contribution in [2.75, 3.05) is 6.61 Å². The number of para-hydroxylation sites is 1. The smallest absolute Gasteiger partial charge is 0.293 e. The first-order valence-corrected chi connectivity index (χ1v) is 13.8. The first-order valence-electron chi connectivity index (χ1n) is 11.2. The van der Waals surface area contributed by atoms with E-state index in [1.165, 1.54) is 18.2 Å². The van der Waals surface area contributed by atoms with Gasteiger partial charge in [0.25, 0.3) is 16.8 Å². The summed E-state index contributed by atoms with van der Waals surface area (Å²) in [5, 5.41) is 11.8. The summed E-state index contributed by atoms with van der Waals surface area (Å²) in [6.07, 6.45) is 1.59. The maximum atomic E-state index is 13.0. The molecule has 0 unspecified atom stereocenters. The molecule has 1 saturated heterocycles. The van der Waals surface area contributed by atoms with Gasteiger partial charge < -0.3 is 9.47 Å². The third kappa shape index (κ3) is 6.42. The molecule has 2 amide bonds. The van der Waals surface area contributed by atoms with Crippen molar-refractivity contribution in [3.05, 3.63) is 99.9 Å². The number of halogens is 3. The molecule has 196 valence electrons. The van der Waals surface area contributed by atoms with Crippen molar-refractivity contribution < 1.29 is 24.0 Å². The predicted molar refractivity (Wildman–Crippen MR) is 156 cm³/mol. The third-order valence-electron chi connectivity index (χ3n) is 5.41. The number of carbonyl (C=O) groups excluding carboxylic acids is 2. The van der Waals surface area contributed by atoms with E-state index < -0.39 is 16.1 Å². The largest absolute Gasteiger partial charge is 0.490 e. The van der Waals surface area contributed by atoms with Gasteiger partial charge in [-0.1, -0.05) is 47.5 Å². The van der Waals surface area contributed by atoms with Crippen LogP contribution in [0, 0.1) is 13.7 Å². The maximum absolute atomic E-state index is 13.0. The number of nitro groups is 1. The van der Waals surface area contributed by atoms with Crippen LogP contribution in [0.25, 0.3) is 6.08 Å². The van der Waals surface area contributed by atoms with Crippen LogP contribution in [-0.2, 0) is 17.9 Å². The Morgan fingerprint density at radius 1 is 1.08 bits per heavy atom. The summed E-state index contributed by atoms with van der Waals surface area (Å²) >= 11 is 15.1. The SMILES string of the molecule is CCOc1cc(/C=C2\SC(=O)N(Cc3ccccc3[N+](=O)[O-])C2=O)cc(I)c1OCc1ccc(Cl)cc1Cl. The molecule has 8 nitrogen and oxygen atoms in total. The molecule has 0 aliphatic carbocycles. The van der Waals surface area contributed by atoms with Gasteiger partial charge >= 0.3 is 0 Å². The second kappa shape index (κ2) is 12.4. The molecule has 0 N–H and O–H groups in total. The summed E-state index contributed by atoms with van der Waals surface area (Å²) in [6, 6.07) is 14.7. The van der Waals surface area contributed by atoms with E-state index in [1.807, 2.05) is 6.92 Å². The van der Waals surface area contributed by atoms with Gasteiger partial charge in [0.15, 0.2) is 11.5 Å². The van der Waals surface area contributed by atoms with Gasteiger partial charge in [0.2, 0.25) is 0 Å². The van der Waals surface area contributed by atoms with Crippen LogP contribution < -0.4 is 9.47 Å². The Morgan fingerprint density at radius 2 is 1.84 bits per heavy atom. The minimum Gasteiger partial charge on any atom is -0.490 e. The molecule has 3 aromatic rings. The van der Waals surface area contributed by atoms with Crippen molar-refractivity contribution in [3.63, 3.8) is 0 Å². The fraction of sp³-hybridized carbons (Fsp3) is 0.154. The molecule has 1 heterocycles. The zero-order chi connectivity index (χ0) is 27.4. The lowest BCUT2D eigenvalue weighted by atomic mass is 10.1. The molecule has 38 heavy (non-hydrogen) atoms. The number of benzene rings is 3. The van der Waals surface area contributed by atoms with Gasteiger partial charge in [-0.3, -0.25) is 24.6 Å². The van der Waals surface area contributed by atoms with E-state index in [1.54, 1.807) is 42.5 Å². The Hall–Kier alpha value is -2.80. The highest BCUT2D eigenvalue weighted by molar-refractivity contribution is 14.1. The lowest BCUT2D eigenvalue weighted by molar-refractivity contribution is -0.385. The first-order chi connectivity index (χ1) is 18.2. The number of thioether (sulfide) groups is 1. The molecular weight excluding hydrogens is 666 g/mol. The molecule has 1 aliphatic rings. The van der Waals surface area contributed by atoms with Gasteiger partial charge in [0, 0.05) is 27.2 Å². The second-order valence-corrected chi connectivity index (χ2v) is 10.9. The van der Waals surface area contributed by atoms with Gasteiger partial charge in [-0.2, -0.15) is 0 Å². The quantitative estimate of drug-likeness (QED) is 0.0985. The first kappa shape index (κ1) is 28.2. The van der Waals surface area contributed by atoms with Gasteiger partial charge in [-0.15, -0.1) is 0 Å². The van der Waals surface area contributed by atoms with Crippen LogP contribution in [0.15, 0.2) is 59.5 Å². The number of ether oxygens (including phenoxy) is 2. The van der Waals surface area contributed by atoms with Crippen LogP contribution in [0.3, 0.4) is 0 Å². The number of hydrogen-bond donors (Lipinski definition) is 0.